The van der Waals surface area contributed by atoms with E-state index in [9.17, 15) is 20.2 Å². The normalized spacial score (nSPS) is 37.0. The third-order valence-electron chi connectivity index (χ3n) is 8.00. The number of benzene rings is 1. The molecule has 1 aromatic rings. The fraction of sp³-hybridized carbons (Fsp3) is 0.652. The number of nitriles is 1. The number of hydrogen-bond donors (Lipinski definition) is 0. The molecule has 0 spiro atoms. The van der Waals surface area contributed by atoms with Crippen molar-refractivity contribution in [3.8, 4) is 11.8 Å². The SMILES string of the molecule is COc1ccc2c(c1)CC[C@@H]1[C@@]3(C)C[C@H](OC(C)=O)CC[C@@H]3[C@@H]([N+](=O)[O-])C[C@]21C#N. The van der Waals surface area contributed by atoms with Crippen molar-refractivity contribution < 1.29 is 19.2 Å². The Hall–Kier alpha value is -2.62. The summed E-state index contributed by atoms with van der Waals surface area (Å²) in [5.74, 6) is 0.274. The number of methoxy groups -OCH3 is 1. The predicted molar refractivity (Wildman–Crippen MR) is 108 cm³/mol. The van der Waals surface area contributed by atoms with Crippen LogP contribution in [-0.4, -0.2) is 30.1 Å². The highest BCUT2D eigenvalue weighted by atomic mass is 16.6. The van der Waals surface area contributed by atoms with Gasteiger partial charge in [-0.15, -0.1) is 0 Å². The van der Waals surface area contributed by atoms with Crippen LogP contribution in [0.2, 0.25) is 0 Å². The topological polar surface area (TPSA) is 102 Å². The fourth-order valence-electron chi connectivity index (χ4n) is 6.90. The van der Waals surface area contributed by atoms with Crippen LogP contribution in [0.5, 0.6) is 5.75 Å². The van der Waals surface area contributed by atoms with Crippen molar-refractivity contribution in [2.45, 2.75) is 69.9 Å². The third-order valence-corrected chi connectivity index (χ3v) is 8.00. The first-order valence-corrected chi connectivity index (χ1v) is 10.6. The van der Waals surface area contributed by atoms with Gasteiger partial charge in [-0.05, 0) is 66.7 Å². The predicted octanol–water partition coefficient (Wildman–Crippen LogP) is 3.81. The summed E-state index contributed by atoms with van der Waals surface area (Å²) >= 11 is 0. The molecule has 0 amide bonds. The molecule has 4 rings (SSSR count). The maximum absolute atomic E-state index is 12.1. The lowest BCUT2D eigenvalue weighted by atomic mass is 9.42. The van der Waals surface area contributed by atoms with E-state index in [1.54, 1.807) is 7.11 Å². The maximum Gasteiger partial charge on any atom is 0.302 e. The molecule has 2 fully saturated rings. The van der Waals surface area contributed by atoms with Crippen LogP contribution in [-0.2, 0) is 21.4 Å². The van der Waals surface area contributed by atoms with E-state index in [-0.39, 0.29) is 35.3 Å². The Labute approximate surface area is 176 Å². The van der Waals surface area contributed by atoms with Crippen LogP contribution >= 0.6 is 0 Å². The molecule has 6 atom stereocenters. The molecule has 0 radical (unpaired) electrons. The third kappa shape index (κ3) is 2.96. The lowest BCUT2D eigenvalue weighted by molar-refractivity contribution is -0.546. The molecule has 0 aromatic heterocycles. The molecule has 0 unspecified atom stereocenters. The second kappa shape index (κ2) is 7.26. The van der Waals surface area contributed by atoms with Gasteiger partial charge in [0.2, 0.25) is 6.04 Å². The number of nitro groups is 1. The molecule has 7 heteroatoms. The van der Waals surface area contributed by atoms with Gasteiger partial charge in [0, 0.05) is 24.2 Å². The van der Waals surface area contributed by atoms with Gasteiger partial charge >= 0.3 is 5.97 Å². The monoisotopic (exact) mass is 412 g/mol. The molecule has 0 heterocycles. The number of fused-ring (bicyclic) bond motifs is 5. The molecular formula is C23H28N2O5. The second-order valence-corrected chi connectivity index (χ2v) is 9.38. The van der Waals surface area contributed by atoms with Crippen molar-refractivity contribution in [2.75, 3.05) is 7.11 Å². The summed E-state index contributed by atoms with van der Waals surface area (Å²) in [5, 5.41) is 22.6. The average Bonchev–Trinajstić information content (AvgIpc) is 2.71. The Bertz CT molecular complexity index is 925. The molecule has 0 bridgehead atoms. The summed E-state index contributed by atoms with van der Waals surface area (Å²) in [5.41, 5.74) is 0.592. The Kier molecular flexibility index (Phi) is 5.00. The van der Waals surface area contributed by atoms with Gasteiger partial charge in [-0.3, -0.25) is 14.9 Å². The van der Waals surface area contributed by atoms with Crippen LogP contribution in [0, 0.1) is 38.7 Å². The largest absolute Gasteiger partial charge is 0.497 e. The average molecular weight is 412 g/mol. The van der Waals surface area contributed by atoms with Crippen molar-refractivity contribution in [1.82, 2.24) is 0 Å². The van der Waals surface area contributed by atoms with Crippen LogP contribution in [0.3, 0.4) is 0 Å². The van der Waals surface area contributed by atoms with Gasteiger partial charge in [0.15, 0.2) is 0 Å². The van der Waals surface area contributed by atoms with E-state index in [1.165, 1.54) is 6.92 Å². The van der Waals surface area contributed by atoms with E-state index >= 15 is 0 Å². The number of esters is 1. The molecule has 0 aliphatic heterocycles. The highest BCUT2D eigenvalue weighted by Crippen LogP contribution is 2.64. The zero-order chi connectivity index (χ0) is 21.7. The van der Waals surface area contributed by atoms with Gasteiger partial charge < -0.3 is 9.47 Å². The molecule has 30 heavy (non-hydrogen) atoms. The minimum absolute atomic E-state index is 0.0181. The summed E-state index contributed by atoms with van der Waals surface area (Å²) in [6.45, 7) is 3.49. The number of hydrogen-bond acceptors (Lipinski definition) is 6. The Morgan fingerprint density at radius 1 is 1.30 bits per heavy atom. The number of ether oxygens (including phenoxy) is 2. The van der Waals surface area contributed by atoms with Crippen molar-refractivity contribution in [3.63, 3.8) is 0 Å². The van der Waals surface area contributed by atoms with Crippen molar-refractivity contribution >= 4 is 5.97 Å². The summed E-state index contributed by atoms with van der Waals surface area (Å²) in [4.78, 5) is 23.5. The van der Waals surface area contributed by atoms with E-state index < -0.39 is 16.9 Å². The highest BCUT2D eigenvalue weighted by molar-refractivity contribution is 5.66. The molecule has 2 saturated carbocycles. The van der Waals surface area contributed by atoms with Crippen molar-refractivity contribution in [2.24, 2.45) is 17.3 Å². The van der Waals surface area contributed by atoms with E-state index in [1.807, 2.05) is 18.2 Å². The molecule has 0 saturated heterocycles. The summed E-state index contributed by atoms with van der Waals surface area (Å²) in [6, 6.07) is 7.51. The second-order valence-electron chi connectivity index (χ2n) is 9.38. The quantitative estimate of drug-likeness (QED) is 0.425. The Morgan fingerprint density at radius 3 is 2.70 bits per heavy atom. The van der Waals surface area contributed by atoms with Gasteiger partial charge in [-0.25, -0.2) is 0 Å². The van der Waals surface area contributed by atoms with Gasteiger partial charge in [0.1, 0.15) is 11.9 Å². The number of carbonyl (C=O) groups excluding carboxylic acids is 1. The smallest absolute Gasteiger partial charge is 0.302 e. The molecule has 160 valence electrons. The lowest BCUT2D eigenvalue weighted by Gasteiger charge is -2.59. The molecule has 1 aromatic carbocycles. The van der Waals surface area contributed by atoms with Crippen LogP contribution in [0.4, 0.5) is 0 Å². The lowest BCUT2D eigenvalue weighted by Crippen LogP contribution is -2.62. The van der Waals surface area contributed by atoms with Crippen LogP contribution in [0.25, 0.3) is 0 Å². The molecule has 3 aliphatic carbocycles. The number of nitrogens with zero attached hydrogens (tertiary/aromatic N) is 2. The Balaban J connectivity index is 1.83. The minimum Gasteiger partial charge on any atom is -0.497 e. The zero-order valence-corrected chi connectivity index (χ0v) is 17.7. The molecule has 7 nitrogen and oxygen atoms in total. The minimum atomic E-state index is -0.916. The molecular weight excluding hydrogens is 384 g/mol. The molecule has 0 N–H and O–H groups in total. The summed E-state index contributed by atoms with van der Waals surface area (Å²) in [6.07, 6.45) is 3.45. The number of aryl methyl sites for hydroxylation is 1. The van der Waals surface area contributed by atoms with Crippen molar-refractivity contribution in [1.29, 1.82) is 5.26 Å². The highest BCUT2D eigenvalue weighted by Gasteiger charge is 2.66. The Morgan fingerprint density at radius 2 is 2.07 bits per heavy atom. The van der Waals surface area contributed by atoms with Gasteiger partial charge in [-0.2, -0.15) is 5.26 Å². The first kappa shape index (κ1) is 20.6. The molecule has 3 aliphatic rings. The van der Waals surface area contributed by atoms with E-state index in [4.69, 9.17) is 9.47 Å². The van der Waals surface area contributed by atoms with E-state index in [2.05, 4.69) is 13.0 Å². The fourth-order valence-corrected chi connectivity index (χ4v) is 6.90. The zero-order valence-electron chi connectivity index (χ0n) is 17.7. The standard InChI is InChI=1S/C23H28N2O5/c1-14(26)30-17-6-8-19-20(25(27)28)12-23(13-24)18-7-5-16(29-3)10-15(18)4-9-21(23)22(19,2)11-17/h5,7,10,17,19-21H,4,6,8-9,11-12H2,1-3H3/t17-,19-,20+,21-,22+,23+/m1/s1. The first-order valence-electron chi connectivity index (χ1n) is 10.6. The van der Waals surface area contributed by atoms with E-state index in [0.717, 1.165) is 29.7 Å². The first-order chi connectivity index (χ1) is 14.2. The van der Waals surface area contributed by atoms with Crippen molar-refractivity contribution in [3.05, 3.63) is 39.4 Å². The van der Waals surface area contributed by atoms with Gasteiger partial charge in [0.05, 0.1) is 18.6 Å². The van der Waals surface area contributed by atoms with Gasteiger partial charge in [0.25, 0.3) is 0 Å². The van der Waals surface area contributed by atoms with Gasteiger partial charge in [-0.1, -0.05) is 13.0 Å². The van der Waals surface area contributed by atoms with Crippen LogP contribution in [0.1, 0.15) is 57.1 Å². The maximum atomic E-state index is 12.1. The number of rotatable bonds is 3. The number of carbonyl (C=O) groups is 1. The van der Waals surface area contributed by atoms with E-state index in [0.29, 0.717) is 19.3 Å². The van der Waals surface area contributed by atoms with Crippen LogP contribution in [0.15, 0.2) is 18.2 Å². The summed E-state index contributed by atoms with van der Waals surface area (Å²) < 4.78 is 10.9. The summed E-state index contributed by atoms with van der Waals surface area (Å²) in [7, 11) is 1.61. The van der Waals surface area contributed by atoms with Crippen LogP contribution < -0.4 is 4.74 Å².